The topological polar surface area (TPSA) is 35.5 Å². The highest BCUT2D eigenvalue weighted by Gasteiger charge is 1.90. The van der Waals surface area contributed by atoms with Gasteiger partial charge in [-0.1, -0.05) is 0 Å². The maximum Gasteiger partial charge on any atom is 0.120 e. The highest BCUT2D eigenvalue weighted by Crippen LogP contribution is 2.05. The van der Waals surface area contributed by atoms with Crippen LogP contribution in [0.5, 0.6) is 0 Å². The van der Waals surface area contributed by atoms with Crippen molar-refractivity contribution in [3.8, 4) is 0 Å². The molecule has 0 fully saturated rings. The van der Waals surface area contributed by atoms with E-state index in [0.29, 0.717) is 18.9 Å². The second kappa shape index (κ2) is 10.2. The molecule has 11 heavy (non-hydrogen) atoms. The zero-order valence-electron chi connectivity index (χ0n) is 6.12. The number of rotatable bonds is 8. The van der Waals surface area contributed by atoms with Gasteiger partial charge in [0.15, 0.2) is 0 Å². The van der Waals surface area contributed by atoms with Crippen LogP contribution in [-0.2, 0) is 14.0 Å². The second-order valence-corrected chi connectivity index (χ2v) is 2.87. The van der Waals surface area contributed by atoms with E-state index in [9.17, 15) is 4.79 Å². The molecule has 0 saturated carbocycles. The van der Waals surface area contributed by atoms with Crippen molar-refractivity contribution in [1.29, 1.82) is 0 Å². The third-order valence-corrected chi connectivity index (χ3v) is 1.61. The van der Waals surface area contributed by atoms with E-state index in [-0.39, 0.29) is 0 Å². The summed E-state index contributed by atoms with van der Waals surface area (Å²) < 4.78 is 4.64. The minimum atomic E-state index is 0.391. The first kappa shape index (κ1) is 11.2. The Morgan fingerprint density at radius 3 is 3.00 bits per heavy atom. The molecule has 0 aromatic rings. The van der Waals surface area contributed by atoms with Gasteiger partial charge in [0.2, 0.25) is 0 Å². The van der Waals surface area contributed by atoms with Gasteiger partial charge in [-0.25, -0.2) is 4.89 Å². The molecule has 66 valence electrons. The Balaban J connectivity index is 2.74. The predicted octanol–water partition coefficient (Wildman–Crippen LogP) is 1.80. The van der Waals surface area contributed by atoms with Crippen molar-refractivity contribution in [2.75, 3.05) is 18.2 Å². The maximum atomic E-state index is 9.84. The number of alkyl halides is 1. The van der Waals surface area contributed by atoms with Gasteiger partial charge < -0.3 is 4.79 Å². The van der Waals surface area contributed by atoms with E-state index in [1.807, 2.05) is 0 Å². The molecule has 0 aliphatic heterocycles. The molecule has 0 atom stereocenters. The van der Waals surface area contributed by atoms with Crippen molar-refractivity contribution in [3.63, 3.8) is 0 Å². The maximum absolute atomic E-state index is 9.84. The smallest absolute Gasteiger partial charge is 0.120 e. The molecular formula is C6H11ClO3S. The van der Waals surface area contributed by atoms with Crippen LogP contribution in [-0.4, -0.2) is 24.5 Å². The lowest BCUT2D eigenvalue weighted by atomic mass is 10.4. The number of unbranched alkanes of at least 4 members (excludes halogenated alkanes) is 1. The monoisotopic (exact) mass is 198 g/mol. The van der Waals surface area contributed by atoms with E-state index in [4.69, 9.17) is 11.6 Å². The average molecular weight is 199 g/mol. The highest BCUT2D eigenvalue weighted by atomic mass is 35.5. The summed E-state index contributed by atoms with van der Waals surface area (Å²) in [5.41, 5.74) is 0. The molecule has 0 bridgehead atoms. The lowest BCUT2D eigenvalue weighted by molar-refractivity contribution is -0.184. The molecule has 0 unspecified atom stereocenters. The number of aldehydes is 1. The molecule has 0 aliphatic rings. The van der Waals surface area contributed by atoms with E-state index in [0.717, 1.165) is 18.5 Å². The van der Waals surface area contributed by atoms with E-state index in [2.05, 4.69) is 9.22 Å². The summed E-state index contributed by atoms with van der Waals surface area (Å²) in [5, 5.41) is 0. The summed E-state index contributed by atoms with van der Waals surface area (Å²) in [6.07, 6.45) is 2.28. The summed E-state index contributed by atoms with van der Waals surface area (Å²) in [7, 11) is 0. The van der Waals surface area contributed by atoms with E-state index >= 15 is 0 Å². The first-order chi connectivity index (χ1) is 5.41. The molecule has 0 saturated heterocycles. The summed E-state index contributed by atoms with van der Waals surface area (Å²) in [6, 6.07) is 0. The highest BCUT2D eigenvalue weighted by molar-refractivity contribution is 7.94. The van der Waals surface area contributed by atoms with Gasteiger partial charge in [-0.3, -0.25) is 0 Å². The summed E-state index contributed by atoms with van der Waals surface area (Å²) >= 11 is 6.50. The molecular weight excluding hydrogens is 188 g/mol. The summed E-state index contributed by atoms with van der Waals surface area (Å²) in [6.45, 7) is 0.391. The average Bonchev–Trinajstić information content (AvgIpc) is 2.03. The van der Waals surface area contributed by atoms with Crippen LogP contribution in [0.4, 0.5) is 0 Å². The molecule has 0 aliphatic carbocycles. The molecule has 0 rings (SSSR count). The minimum Gasteiger partial charge on any atom is -0.303 e. The first-order valence-electron chi connectivity index (χ1n) is 3.32. The molecule has 0 amide bonds. The lowest BCUT2D eigenvalue weighted by Crippen LogP contribution is -1.92. The Hall–Kier alpha value is 0.230. The lowest BCUT2D eigenvalue weighted by Gasteiger charge is -1.98. The fraction of sp³-hybridized carbons (Fsp3) is 0.833. The van der Waals surface area contributed by atoms with Gasteiger partial charge in [-0.2, -0.15) is 4.33 Å². The van der Waals surface area contributed by atoms with Crippen LogP contribution in [0.1, 0.15) is 12.8 Å². The van der Waals surface area contributed by atoms with Crippen molar-refractivity contribution in [1.82, 2.24) is 0 Å². The third-order valence-electron chi connectivity index (χ3n) is 0.806. The predicted molar refractivity (Wildman–Crippen MR) is 45.5 cm³/mol. The van der Waals surface area contributed by atoms with Crippen LogP contribution in [0.2, 0.25) is 0 Å². The van der Waals surface area contributed by atoms with Gasteiger partial charge in [0.05, 0.1) is 6.61 Å². The normalized spacial score (nSPS) is 9.91. The number of halogens is 1. The fourth-order valence-electron chi connectivity index (χ4n) is 0.359. The van der Waals surface area contributed by atoms with Crippen molar-refractivity contribution >= 4 is 29.9 Å². The van der Waals surface area contributed by atoms with Crippen LogP contribution >= 0.6 is 23.6 Å². The van der Waals surface area contributed by atoms with E-state index in [1.165, 1.54) is 12.0 Å². The van der Waals surface area contributed by atoms with Gasteiger partial charge in [-0.15, -0.1) is 11.6 Å². The zero-order valence-corrected chi connectivity index (χ0v) is 7.70. The van der Waals surface area contributed by atoms with Crippen LogP contribution < -0.4 is 0 Å². The second-order valence-electron chi connectivity index (χ2n) is 1.71. The SMILES string of the molecule is O=CCCCSOOCCCl. The van der Waals surface area contributed by atoms with Crippen LogP contribution in [0.3, 0.4) is 0 Å². The van der Waals surface area contributed by atoms with Crippen LogP contribution in [0, 0.1) is 0 Å². The molecule has 0 radical (unpaired) electrons. The third kappa shape index (κ3) is 10.2. The number of hydrogen-bond donors (Lipinski definition) is 0. The van der Waals surface area contributed by atoms with Crippen molar-refractivity contribution in [2.45, 2.75) is 12.8 Å². The van der Waals surface area contributed by atoms with Crippen molar-refractivity contribution < 1.29 is 14.0 Å². The summed E-state index contributed by atoms with van der Waals surface area (Å²) in [5.74, 6) is 1.19. The van der Waals surface area contributed by atoms with Crippen molar-refractivity contribution in [3.05, 3.63) is 0 Å². The molecule has 3 nitrogen and oxygen atoms in total. The molecule has 0 aromatic heterocycles. The molecule has 0 aromatic carbocycles. The molecule has 0 spiro atoms. The Bertz CT molecular complexity index is 91.9. The molecule has 0 heterocycles. The Labute approximate surface area is 75.5 Å². The van der Waals surface area contributed by atoms with Crippen molar-refractivity contribution in [2.24, 2.45) is 0 Å². The molecule has 0 N–H and O–H groups in total. The van der Waals surface area contributed by atoms with Gasteiger partial charge in [0, 0.05) is 30.1 Å². The fourth-order valence-corrected chi connectivity index (χ4v) is 0.911. The van der Waals surface area contributed by atoms with Crippen LogP contribution in [0.15, 0.2) is 0 Å². The number of carbonyl (C=O) groups is 1. The standard InChI is InChI=1S/C6H11ClO3S/c7-3-5-9-10-11-6-2-1-4-8/h4H,1-3,5-6H2. The van der Waals surface area contributed by atoms with Crippen LogP contribution in [0.25, 0.3) is 0 Å². The van der Waals surface area contributed by atoms with E-state index in [1.54, 1.807) is 0 Å². The largest absolute Gasteiger partial charge is 0.303 e. The van der Waals surface area contributed by atoms with Gasteiger partial charge in [0.25, 0.3) is 0 Å². The number of carbonyl (C=O) groups excluding carboxylic acids is 1. The Morgan fingerprint density at radius 2 is 2.36 bits per heavy atom. The minimum absolute atomic E-state index is 0.391. The van der Waals surface area contributed by atoms with Gasteiger partial charge in [0.1, 0.15) is 6.29 Å². The zero-order chi connectivity index (χ0) is 8.36. The first-order valence-corrected chi connectivity index (χ1v) is 4.77. The van der Waals surface area contributed by atoms with E-state index < -0.39 is 0 Å². The quantitative estimate of drug-likeness (QED) is 0.149. The number of hydrogen-bond acceptors (Lipinski definition) is 4. The van der Waals surface area contributed by atoms with Gasteiger partial charge in [-0.05, 0) is 6.42 Å². The Morgan fingerprint density at radius 1 is 1.55 bits per heavy atom. The van der Waals surface area contributed by atoms with Gasteiger partial charge >= 0.3 is 0 Å². The summed E-state index contributed by atoms with van der Waals surface area (Å²) in [4.78, 5) is 14.4. The molecule has 5 heteroatoms. The Kier molecular flexibility index (Phi) is 10.4.